The largest absolute Gasteiger partial charge is 0.369 e. The molecule has 9 heteroatoms. The zero-order valence-electron chi connectivity index (χ0n) is 17.1. The second-order valence-corrected chi connectivity index (χ2v) is 10.9. The maximum Gasteiger partial charge on any atom is 0.257 e. The van der Waals surface area contributed by atoms with E-state index in [0.717, 1.165) is 0 Å². The molecule has 1 unspecified atom stereocenters. The molecule has 1 saturated heterocycles. The highest BCUT2D eigenvalue weighted by Gasteiger charge is 2.45. The lowest BCUT2D eigenvalue weighted by molar-refractivity contribution is -0.131. The van der Waals surface area contributed by atoms with E-state index in [0.29, 0.717) is 49.8 Å². The Kier molecular flexibility index (Phi) is 6.27. The van der Waals surface area contributed by atoms with E-state index >= 15 is 0 Å². The summed E-state index contributed by atoms with van der Waals surface area (Å²) in [5.41, 5.74) is 5.27. The maximum absolute atomic E-state index is 12.9. The molecule has 0 aromatic heterocycles. The summed E-state index contributed by atoms with van der Waals surface area (Å²) in [6.45, 7) is 7.27. The van der Waals surface area contributed by atoms with Gasteiger partial charge in [0.2, 0.25) is 10.0 Å². The van der Waals surface area contributed by atoms with Crippen LogP contribution < -0.4 is 5.73 Å². The Balaban J connectivity index is 1.61. The predicted octanol–water partition coefficient (Wildman–Crippen LogP) is 2.70. The van der Waals surface area contributed by atoms with Gasteiger partial charge in [-0.05, 0) is 62.3 Å². The third-order valence-electron chi connectivity index (χ3n) is 5.62. The third-order valence-corrected chi connectivity index (χ3v) is 7.78. The summed E-state index contributed by atoms with van der Waals surface area (Å²) in [5, 5.41) is 0.502. The van der Waals surface area contributed by atoms with Crippen molar-refractivity contribution in [2.75, 3.05) is 19.6 Å². The highest BCUT2D eigenvalue weighted by molar-refractivity contribution is 7.89. The zero-order chi connectivity index (χ0) is 21.4. The number of nitrogens with zero attached hydrogens (tertiary/aromatic N) is 3. The minimum atomic E-state index is -3.54. The highest BCUT2D eigenvalue weighted by Crippen LogP contribution is 2.31. The monoisotopic (exact) mass is 440 g/mol. The first-order valence-corrected chi connectivity index (χ1v) is 11.8. The van der Waals surface area contributed by atoms with Crippen molar-refractivity contribution in [1.29, 1.82) is 0 Å². The van der Waals surface area contributed by atoms with Crippen LogP contribution in [-0.4, -0.2) is 54.7 Å². The molecule has 0 saturated carbocycles. The van der Waals surface area contributed by atoms with Crippen molar-refractivity contribution in [1.82, 2.24) is 9.21 Å². The summed E-state index contributed by atoms with van der Waals surface area (Å²) in [6.07, 6.45) is 2.00. The molecule has 2 aliphatic rings. The molecule has 1 amide bonds. The first kappa shape index (κ1) is 22.1. The second-order valence-electron chi connectivity index (χ2n) is 8.56. The number of piperidine rings is 1. The van der Waals surface area contributed by atoms with E-state index in [4.69, 9.17) is 17.3 Å². The standard InChI is InChI=1S/C20H29ClN4O3S/c1-14(2)12-20(3)18(26)25(19(22)23-20)13-15-8-10-24(11-9-15)29(27,28)17-6-4-16(21)5-7-17/h4-7,14-15H,8-13H2,1-3H3,(H2,22,23). The Labute approximate surface area is 178 Å². The topological polar surface area (TPSA) is 96.1 Å². The molecule has 2 heterocycles. The van der Waals surface area contributed by atoms with Crippen LogP contribution in [0.4, 0.5) is 0 Å². The van der Waals surface area contributed by atoms with Crippen molar-refractivity contribution in [2.45, 2.75) is 50.5 Å². The fourth-order valence-corrected chi connectivity index (χ4v) is 5.80. The predicted molar refractivity (Wildman–Crippen MR) is 114 cm³/mol. The van der Waals surface area contributed by atoms with Crippen LogP contribution in [0, 0.1) is 11.8 Å². The van der Waals surface area contributed by atoms with Gasteiger partial charge in [0.1, 0.15) is 5.54 Å². The lowest BCUT2D eigenvalue weighted by atomic mass is 9.90. The number of hydrogen-bond donors (Lipinski definition) is 1. The molecule has 1 fully saturated rings. The summed E-state index contributed by atoms with van der Waals surface area (Å²) in [5.74, 6) is 0.738. The minimum absolute atomic E-state index is 0.0556. The lowest BCUT2D eigenvalue weighted by Gasteiger charge is -2.33. The number of benzene rings is 1. The van der Waals surface area contributed by atoms with Crippen molar-refractivity contribution in [3.05, 3.63) is 29.3 Å². The summed E-state index contributed by atoms with van der Waals surface area (Å²) in [4.78, 5) is 19.2. The fraction of sp³-hybridized carbons (Fsp3) is 0.600. The number of rotatable bonds is 6. The van der Waals surface area contributed by atoms with Crippen molar-refractivity contribution < 1.29 is 13.2 Å². The molecule has 0 radical (unpaired) electrons. The van der Waals surface area contributed by atoms with E-state index in [1.165, 1.54) is 16.4 Å². The molecule has 2 N–H and O–H groups in total. The van der Waals surface area contributed by atoms with Crippen LogP contribution in [-0.2, 0) is 14.8 Å². The van der Waals surface area contributed by atoms with Gasteiger partial charge in [-0.15, -0.1) is 0 Å². The average Bonchev–Trinajstić information content (AvgIpc) is 2.85. The molecule has 29 heavy (non-hydrogen) atoms. The van der Waals surface area contributed by atoms with Crippen molar-refractivity contribution in [2.24, 2.45) is 22.6 Å². The van der Waals surface area contributed by atoms with E-state index in [1.54, 1.807) is 17.0 Å². The van der Waals surface area contributed by atoms with E-state index < -0.39 is 15.6 Å². The smallest absolute Gasteiger partial charge is 0.257 e. The molecule has 7 nitrogen and oxygen atoms in total. The number of carbonyl (C=O) groups excluding carboxylic acids is 1. The van der Waals surface area contributed by atoms with Gasteiger partial charge in [-0.1, -0.05) is 25.4 Å². The lowest BCUT2D eigenvalue weighted by Crippen LogP contribution is -2.47. The van der Waals surface area contributed by atoms with Crippen molar-refractivity contribution >= 4 is 33.5 Å². The van der Waals surface area contributed by atoms with Crippen LogP contribution in [0.25, 0.3) is 0 Å². The minimum Gasteiger partial charge on any atom is -0.369 e. The van der Waals surface area contributed by atoms with Gasteiger partial charge in [-0.2, -0.15) is 4.31 Å². The number of hydrogen-bond acceptors (Lipinski definition) is 5. The summed E-state index contributed by atoms with van der Waals surface area (Å²) in [7, 11) is -3.54. The van der Waals surface area contributed by atoms with Crippen LogP contribution in [0.5, 0.6) is 0 Å². The maximum atomic E-state index is 12.9. The van der Waals surface area contributed by atoms with Crippen LogP contribution in [0.15, 0.2) is 34.2 Å². The van der Waals surface area contributed by atoms with Gasteiger partial charge in [0.05, 0.1) is 4.90 Å². The van der Waals surface area contributed by atoms with Crippen molar-refractivity contribution in [3.8, 4) is 0 Å². The first-order valence-electron chi connectivity index (χ1n) is 9.96. The number of aliphatic imine (C=N–C) groups is 1. The SMILES string of the molecule is CC(C)CC1(C)N=C(N)N(CC2CCN(S(=O)(=O)c3ccc(Cl)cc3)CC2)C1=O. The third kappa shape index (κ3) is 4.59. The molecule has 0 aliphatic carbocycles. The normalized spacial score (nSPS) is 24.4. The number of carbonyl (C=O) groups is 1. The molecule has 0 bridgehead atoms. The molecule has 1 aromatic rings. The van der Waals surface area contributed by atoms with Crippen LogP contribution in [0.2, 0.25) is 5.02 Å². The van der Waals surface area contributed by atoms with Gasteiger partial charge in [0, 0.05) is 24.7 Å². The van der Waals surface area contributed by atoms with Gasteiger partial charge in [-0.3, -0.25) is 9.69 Å². The summed E-state index contributed by atoms with van der Waals surface area (Å²) < 4.78 is 27.1. The molecule has 1 aromatic carbocycles. The number of halogens is 1. The molecule has 1 atom stereocenters. The Bertz CT molecular complexity index is 893. The van der Waals surface area contributed by atoms with Gasteiger partial charge in [-0.25, -0.2) is 13.4 Å². The number of amides is 1. The number of guanidine groups is 1. The Morgan fingerprint density at radius 3 is 2.38 bits per heavy atom. The average molecular weight is 441 g/mol. The Hall–Kier alpha value is -1.64. The second kappa shape index (κ2) is 8.24. The Morgan fingerprint density at radius 2 is 1.83 bits per heavy atom. The quantitative estimate of drug-likeness (QED) is 0.735. The van der Waals surface area contributed by atoms with E-state index in [2.05, 4.69) is 18.8 Å². The summed E-state index contributed by atoms with van der Waals surface area (Å²) >= 11 is 5.86. The van der Waals surface area contributed by atoms with Crippen LogP contribution in [0.1, 0.15) is 40.0 Å². The van der Waals surface area contributed by atoms with E-state index in [1.807, 2.05) is 6.92 Å². The molecular formula is C20H29ClN4O3S. The van der Waals surface area contributed by atoms with Gasteiger partial charge in [0.15, 0.2) is 5.96 Å². The van der Waals surface area contributed by atoms with E-state index in [-0.39, 0.29) is 22.7 Å². The van der Waals surface area contributed by atoms with Crippen LogP contribution in [0.3, 0.4) is 0 Å². The molecule has 2 aliphatic heterocycles. The molecular weight excluding hydrogens is 412 g/mol. The van der Waals surface area contributed by atoms with E-state index in [9.17, 15) is 13.2 Å². The highest BCUT2D eigenvalue weighted by atomic mass is 35.5. The van der Waals surface area contributed by atoms with Crippen LogP contribution >= 0.6 is 11.6 Å². The van der Waals surface area contributed by atoms with Gasteiger partial charge >= 0.3 is 0 Å². The van der Waals surface area contributed by atoms with Crippen molar-refractivity contribution in [3.63, 3.8) is 0 Å². The molecule has 0 spiro atoms. The zero-order valence-corrected chi connectivity index (χ0v) is 18.7. The Morgan fingerprint density at radius 1 is 1.24 bits per heavy atom. The van der Waals surface area contributed by atoms with Gasteiger partial charge in [0.25, 0.3) is 5.91 Å². The first-order chi connectivity index (χ1) is 13.5. The molecule has 3 rings (SSSR count). The fourth-order valence-electron chi connectivity index (χ4n) is 4.21. The number of sulfonamides is 1. The molecule has 160 valence electrons. The van der Waals surface area contributed by atoms with Gasteiger partial charge < -0.3 is 5.73 Å². The number of nitrogens with two attached hydrogens (primary N) is 1. The summed E-state index contributed by atoms with van der Waals surface area (Å²) in [6, 6.07) is 6.21.